The molecule has 0 saturated heterocycles. The Morgan fingerprint density at radius 3 is 1.41 bits per heavy atom. The van der Waals surface area contributed by atoms with Crippen LogP contribution >= 0.6 is 0 Å². The fourth-order valence-corrected chi connectivity index (χ4v) is 6.57. The van der Waals surface area contributed by atoms with Gasteiger partial charge in [-0.05, 0) is 19.3 Å². The standard InChI is InChI=1S/C48H85NO5/c1-4-7-10-13-16-19-22-23-24-26-28-31-34-37-40-46(51)45(43-50)49-47(52)42-44(39-36-33-30-27-25-20-17-14-11-8-5-2)54-48(53)41-38-35-32-29-21-18-15-12-9-6-3/h8,11,14,17,20,25,27,30,33,36,44-46,50-51H,4-7,9-10,12-13,15-16,18-19,21-24,26,28-29,31-32,34-35,37-43H2,1-3H3,(H,49,52)/b11-8+,17-14+,25-20-,30-27-,36-33+. The molecule has 1 amide bonds. The first-order chi connectivity index (χ1) is 26.5. The van der Waals surface area contributed by atoms with Gasteiger partial charge in [0.05, 0.1) is 25.2 Å². The van der Waals surface area contributed by atoms with Crippen LogP contribution in [0, 0.1) is 0 Å². The van der Waals surface area contributed by atoms with Crippen molar-refractivity contribution in [3.05, 3.63) is 60.8 Å². The average Bonchev–Trinajstić information content (AvgIpc) is 3.16. The molecule has 0 radical (unpaired) electrons. The highest BCUT2D eigenvalue weighted by atomic mass is 16.5. The Morgan fingerprint density at radius 2 is 0.963 bits per heavy atom. The van der Waals surface area contributed by atoms with Gasteiger partial charge in [0.2, 0.25) is 5.91 Å². The van der Waals surface area contributed by atoms with Crippen molar-refractivity contribution >= 4 is 11.9 Å². The number of allylic oxidation sites excluding steroid dienone is 9. The summed E-state index contributed by atoms with van der Waals surface area (Å²) in [5.74, 6) is -0.610. The zero-order chi connectivity index (χ0) is 39.6. The van der Waals surface area contributed by atoms with Crippen molar-refractivity contribution in [1.82, 2.24) is 5.32 Å². The number of aliphatic hydroxyl groups is 2. The number of hydrogen-bond donors (Lipinski definition) is 3. The van der Waals surface area contributed by atoms with Crippen LogP contribution in [0.15, 0.2) is 60.8 Å². The van der Waals surface area contributed by atoms with Crippen molar-refractivity contribution < 1.29 is 24.5 Å². The third-order valence-corrected chi connectivity index (χ3v) is 9.99. The molecular weight excluding hydrogens is 671 g/mol. The van der Waals surface area contributed by atoms with Gasteiger partial charge in [0.1, 0.15) is 6.10 Å². The van der Waals surface area contributed by atoms with Crippen LogP contribution in [0.2, 0.25) is 0 Å². The number of nitrogens with one attached hydrogen (secondary N) is 1. The van der Waals surface area contributed by atoms with Gasteiger partial charge in [-0.3, -0.25) is 9.59 Å². The van der Waals surface area contributed by atoms with Gasteiger partial charge in [-0.2, -0.15) is 0 Å². The van der Waals surface area contributed by atoms with Gasteiger partial charge in [-0.25, -0.2) is 0 Å². The molecule has 312 valence electrons. The van der Waals surface area contributed by atoms with Gasteiger partial charge in [0, 0.05) is 12.8 Å². The molecule has 3 N–H and O–H groups in total. The van der Waals surface area contributed by atoms with E-state index in [2.05, 4.69) is 32.2 Å². The lowest BCUT2D eigenvalue weighted by Crippen LogP contribution is -2.46. The van der Waals surface area contributed by atoms with Crippen LogP contribution in [-0.2, 0) is 14.3 Å². The van der Waals surface area contributed by atoms with E-state index in [1.54, 1.807) is 0 Å². The number of carbonyl (C=O) groups excluding carboxylic acids is 2. The number of unbranched alkanes of at least 4 members (excludes halogenated alkanes) is 22. The first kappa shape index (κ1) is 51.6. The molecule has 0 bridgehead atoms. The summed E-state index contributed by atoms with van der Waals surface area (Å²) in [6, 6.07) is -0.737. The molecule has 3 atom stereocenters. The number of esters is 1. The summed E-state index contributed by atoms with van der Waals surface area (Å²) in [5.41, 5.74) is 0. The van der Waals surface area contributed by atoms with Crippen molar-refractivity contribution in [3.8, 4) is 0 Å². The molecule has 0 spiro atoms. The van der Waals surface area contributed by atoms with E-state index in [4.69, 9.17) is 4.74 Å². The molecule has 0 aromatic heterocycles. The highest BCUT2D eigenvalue weighted by Crippen LogP contribution is 2.16. The van der Waals surface area contributed by atoms with Crippen molar-refractivity contribution in [2.24, 2.45) is 0 Å². The predicted molar refractivity (Wildman–Crippen MR) is 232 cm³/mol. The molecule has 0 aliphatic rings. The van der Waals surface area contributed by atoms with Gasteiger partial charge >= 0.3 is 5.97 Å². The molecule has 0 saturated carbocycles. The summed E-state index contributed by atoms with van der Waals surface area (Å²) in [5, 5.41) is 23.6. The van der Waals surface area contributed by atoms with Gasteiger partial charge in [0.15, 0.2) is 0 Å². The minimum Gasteiger partial charge on any atom is -0.461 e. The predicted octanol–water partition coefficient (Wildman–Crippen LogP) is 12.9. The molecule has 0 aromatic rings. The van der Waals surface area contributed by atoms with E-state index in [1.807, 2.05) is 54.7 Å². The Bertz CT molecular complexity index is 984. The molecule has 0 fully saturated rings. The molecule has 6 heteroatoms. The van der Waals surface area contributed by atoms with Gasteiger partial charge in [0.25, 0.3) is 0 Å². The van der Waals surface area contributed by atoms with Crippen LogP contribution in [0.5, 0.6) is 0 Å². The summed E-state index contributed by atoms with van der Waals surface area (Å²) >= 11 is 0. The second kappa shape index (κ2) is 41.7. The summed E-state index contributed by atoms with van der Waals surface area (Å²) in [6.45, 7) is 6.27. The lowest BCUT2D eigenvalue weighted by Gasteiger charge is -2.24. The lowest BCUT2D eigenvalue weighted by atomic mass is 10.0. The normalized spacial score (nSPS) is 13.9. The minimum atomic E-state index is -0.816. The fourth-order valence-electron chi connectivity index (χ4n) is 6.57. The monoisotopic (exact) mass is 756 g/mol. The Kier molecular flexibility index (Phi) is 39.8. The van der Waals surface area contributed by atoms with E-state index in [-0.39, 0.29) is 24.9 Å². The van der Waals surface area contributed by atoms with E-state index < -0.39 is 18.2 Å². The van der Waals surface area contributed by atoms with Crippen LogP contribution < -0.4 is 5.32 Å². The fraction of sp³-hybridized carbons (Fsp3) is 0.750. The molecule has 0 heterocycles. The Balaban J connectivity index is 4.68. The first-order valence-corrected chi connectivity index (χ1v) is 22.6. The smallest absolute Gasteiger partial charge is 0.306 e. The van der Waals surface area contributed by atoms with Gasteiger partial charge in [-0.15, -0.1) is 0 Å². The number of hydrogen-bond acceptors (Lipinski definition) is 5. The maximum atomic E-state index is 13.1. The molecule has 0 aromatic carbocycles. The molecule has 54 heavy (non-hydrogen) atoms. The SMILES string of the molecule is CC/C=C/C=C/C=C\C=C/C=C/CC(CC(=O)NC(CO)C(O)CCCCCCCCCCCCCCCC)OC(=O)CCCCCCCCCCCC. The zero-order valence-electron chi connectivity index (χ0n) is 35.3. The Morgan fingerprint density at radius 1 is 0.556 bits per heavy atom. The number of aliphatic hydroxyl groups excluding tert-OH is 2. The maximum absolute atomic E-state index is 13.1. The van der Waals surface area contributed by atoms with Crippen LogP contribution in [-0.4, -0.2) is 46.9 Å². The quantitative estimate of drug-likeness (QED) is 0.0330. The van der Waals surface area contributed by atoms with E-state index in [0.717, 1.165) is 44.9 Å². The Hall–Kier alpha value is -2.44. The third-order valence-electron chi connectivity index (χ3n) is 9.99. The molecule has 0 aliphatic heterocycles. The van der Waals surface area contributed by atoms with E-state index in [1.165, 1.54) is 116 Å². The topological polar surface area (TPSA) is 95.9 Å². The summed E-state index contributed by atoms with van der Waals surface area (Å²) in [4.78, 5) is 25.9. The minimum absolute atomic E-state index is 0.0180. The Labute approximate surface area is 333 Å². The molecule has 3 unspecified atom stereocenters. The maximum Gasteiger partial charge on any atom is 0.306 e. The van der Waals surface area contributed by atoms with E-state index >= 15 is 0 Å². The van der Waals surface area contributed by atoms with Crippen LogP contribution in [0.25, 0.3) is 0 Å². The average molecular weight is 756 g/mol. The highest BCUT2D eigenvalue weighted by molar-refractivity contribution is 5.77. The van der Waals surface area contributed by atoms with Crippen LogP contribution in [0.4, 0.5) is 0 Å². The van der Waals surface area contributed by atoms with Crippen molar-refractivity contribution in [2.45, 2.75) is 225 Å². The van der Waals surface area contributed by atoms with Gasteiger partial charge < -0.3 is 20.3 Å². The molecule has 0 aliphatic carbocycles. The first-order valence-electron chi connectivity index (χ1n) is 22.6. The summed E-state index contributed by atoms with van der Waals surface area (Å²) in [7, 11) is 0. The summed E-state index contributed by atoms with van der Waals surface area (Å²) in [6.07, 6.45) is 50.2. The second-order valence-corrected chi connectivity index (χ2v) is 15.2. The molecule has 6 nitrogen and oxygen atoms in total. The van der Waals surface area contributed by atoms with Crippen LogP contribution in [0.3, 0.4) is 0 Å². The van der Waals surface area contributed by atoms with Crippen molar-refractivity contribution in [2.75, 3.05) is 6.61 Å². The highest BCUT2D eigenvalue weighted by Gasteiger charge is 2.23. The lowest BCUT2D eigenvalue weighted by molar-refractivity contribution is -0.150. The third kappa shape index (κ3) is 36.5. The number of carbonyl (C=O) groups is 2. The number of ether oxygens (including phenoxy) is 1. The van der Waals surface area contributed by atoms with E-state index in [9.17, 15) is 19.8 Å². The number of rotatable bonds is 39. The molecular formula is C48H85NO5. The van der Waals surface area contributed by atoms with Gasteiger partial charge in [-0.1, -0.05) is 229 Å². The van der Waals surface area contributed by atoms with Crippen LogP contribution in [0.1, 0.15) is 207 Å². The van der Waals surface area contributed by atoms with Crippen molar-refractivity contribution in [1.29, 1.82) is 0 Å². The second-order valence-electron chi connectivity index (χ2n) is 15.2. The zero-order valence-corrected chi connectivity index (χ0v) is 35.3. The largest absolute Gasteiger partial charge is 0.461 e. The summed E-state index contributed by atoms with van der Waals surface area (Å²) < 4.78 is 5.80. The molecule has 0 rings (SSSR count). The number of amides is 1. The van der Waals surface area contributed by atoms with E-state index in [0.29, 0.717) is 19.3 Å². The van der Waals surface area contributed by atoms with Crippen molar-refractivity contribution in [3.63, 3.8) is 0 Å².